The summed E-state index contributed by atoms with van der Waals surface area (Å²) in [5.41, 5.74) is 3.10. The van der Waals surface area contributed by atoms with Gasteiger partial charge in [-0.1, -0.05) is 30.3 Å². The molecule has 2 aromatic carbocycles. The van der Waals surface area contributed by atoms with Crippen LogP contribution >= 0.6 is 0 Å². The van der Waals surface area contributed by atoms with Crippen LogP contribution in [0, 0.1) is 24.0 Å². The molecule has 2 heterocycles. The lowest BCUT2D eigenvalue weighted by molar-refractivity contribution is -0.386. The molecular formula is C25H28N6O4. The van der Waals surface area contributed by atoms with Gasteiger partial charge in [-0.05, 0) is 56.5 Å². The van der Waals surface area contributed by atoms with Crippen molar-refractivity contribution in [2.45, 2.75) is 39.3 Å². The first kappa shape index (κ1) is 23.9. The molecular weight excluding hydrogens is 448 g/mol. The zero-order chi connectivity index (χ0) is 24.9. The topological polar surface area (TPSA) is 122 Å². The Labute approximate surface area is 203 Å². The van der Waals surface area contributed by atoms with Crippen LogP contribution in [0.3, 0.4) is 0 Å². The number of carbonyl (C=O) groups excluding carboxylic acids is 2. The molecule has 0 saturated carbocycles. The number of nitrogens with one attached hydrogen (secondary N) is 2. The number of likely N-dealkylation sites (tertiary alicyclic amines) is 1. The number of piperidine rings is 1. The van der Waals surface area contributed by atoms with E-state index in [1.165, 1.54) is 0 Å². The van der Waals surface area contributed by atoms with E-state index < -0.39 is 4.92 Å². The second-order valence-electron chi connectivity index (χ2n) is 8.66. The molecule has 3 aromatic rings. The van der Waals surface area contributed by atoms with Crippen molar-refractivity contribution in [2.24, 2.45) is 0 Å². The van der Waals surface area contributed by atoms with Gasteiger partial charge in [-0.2, -0.15) is 5.10 Å². The highest BCUT2D eigenvalue weighted by molar-refractivity contribution is 5.94. The summed E-state index contributed by atoms with van der Waals surface area (Å²) in [6.07, 6.45) is 1.37. The predicted octanol–water partition coefficient (Wildman–Crippen LogP) is 3.88. The van der Waals surface area contributed by atoms with Gasteiger partial charge in [0.2, 0.25) is 0 Å². The van der Waals surface area contributed by atoms with E-state index in [1.807, 2.05) is 42.5 Å². The summed E-state index contributed by atoms with van der Waals surface area (Å²) in [5.74, 6) is -0.162. The van der Waals surface area contributed by atoms with Gasteiger partial charge in [-0.25, -0.2) is 4.79 Å². The molecule has 0 atom stereocenters. The molecule has 10 nitrogen and oxygen atoms in total. The predicted molar refractivity (Wildman–Crippen MR) is 131 cm³/mol. The van der Waals surface area contributed by atoms with E-state index in [-0.39, 0.29) is 23.7 Å². The van der Waals surface area contributed by atoms with Crippen LogP contribution in [0.5, 0.6) is 0 Å². The minimum atomic E-state index is -0.415. The molecule has 1 aliphatic rings. The standard InChI is InChI=1S/C25H28N6O4/c1-17-23(31(34)35)18(2)30(28-17)16-19-8-10-20(11-9-19)24(32)26-22-12-14-29(15-13-22)25(33)27-21-6-4-3-5-7-21/h3-11,22H,12-16H2,1-2H3,(H,26,32)(H,27,33). The number of hydrogen-bond donors (Lipinski definition) is 2. The largest absolute Gasteiger partial charge is 0.349 e. The van der Waals surface area contributed by atoms with Crippen molar-refractivity contribution in [2.75, 3.05) is 18.4 Å². The molecule has 0 unspecified atom stereocenters. The number of aryl methyl sites for hydroxylation is 1. The summed E-state index contributed by atoms with van der Waals surface area (Å²) in [6, 6.07) is 16.3. The first-order valence-electron chi connectivity index (χ1n) is 11.5. The normalized spacial score (nSPS) is 13.9. The summed E-state index contributed by atoms with van der Waals surface area (Å²) in [5, 5.41) is 21.4. The summed E-state index contributed by atoms with van der Waals surface area (Å²) in [4.78, 5) is 37.7. The quantitative estimate of drug-likeness (QED) is 0.413. The van der Waals surface area contributed by atoms with E-state index in [1.54, 1.807) is 35.6 Å². The Balaban J connectivity index is 1.28. The van der Waals surface area contributed by atoms with E-state index in [4.69, 9.17) is 0 Å². The highest BCUT2D eigenvalue weighted by atomic mass is 16.6. The number of benzene rings is 2. The van der Waals surface area contributed by atoms with Crippen molar-refractivity contribution in [1.82, 2.24) is 20.0 Å². The summed E-state index contributed by atoms with van der Waals surface area (Å²) < 4.78 is 1.60. The van der Waals surface area contributed by atoms with Crippen LogP contribution in [0.15, 0.2) is 54.6 Å². The van der Waals surface area contributed by atoms with Crippen LogP contribution in [0.2, 0.25) is 0 Å². The Kier molecular flexibility index (Phi) is 7.09. The Bertz CT molecular complexity index is 1210. The second-order valence-corrected chi connectivity index (χ2v) is 8.66. The van der Waals surface area contributed by atoms with E-state index in [9.17, 15) is 19.7 Å². The van der Waals surface area contributed by atoms with Crippen LogP contribution < -0.4 is 10.6 Å². The number of anilines is 1. The summed E-state index contributed by atoms with van der Waals surface area (Å²) in [7, 11) is 0. The van der Waals surface area contributed by atoms with Crippen LogP contribution in [-0.4, -0.2) is 50.7 Å². The van der Waals surface area contributed by atoms with Crippen LogP contribution in [-0.2, 0) is 6.54 Å². The number of amides is 3. The minimum Gasteiger partial charge on any atom is -0.349 e. The molecule has 1 saturated heterocycles. The molecule has 0 aliphatic carbocycles. The third-order valence-electron chi connectivity index (χ3n) is 6.22. The third kappa shape index (κ3) is 5.65. The third-order valence-corrected chi connectivity index (χ3v) is 6.22. The highest BCUT2D eigenvalue weighted by Gasteiger charge is 2.25. The molecule has 1 aliphatic heterocycles. The van der Waals surface area contributed by atoms with Gasteiger partial charge in [0.1, 0.15) is 11.4 Å². The lowest BCUT2D eigenvalue weighted by Gasteiger charge is -2.32. The van der Waals surface area contributed by atoms with Gasteiger partial charge >= 0.3 is 11.7 Å². The average Bonchev–Trinajstić information content (AvgIpc) is 3.13. The molecule has 2 N–H and O–H groups in total. The fourth-order valence-electron chi connectivity index (χ4n) is 4.26. The Morgan fingerprint density at radius 1 is 1.06 bits per heavy atom. The first-order valence-corrected chi connectivity index (χ1v) is 11.5. The van der Waals surface area contributed by atoms with Gasteiger partial charge in [0.15, 0.2) is 0 Å². The Morgan fingerprint density at radius 3 is 2.31 bits per heavy atom. The smallest absolute Gasteiger partial charge is 0.321 e. The molecule has 0 spiro atoms. The van der Waals surface area contributed by atoms with Crippen molar-refractivity contribution < 1.29 is 14.5 Å². The highest BCUT2D eigenvalue weighted by Crippen LogP contribution is 2.22. The van der Waals surface area contributed by atoms with Gasteiger partial charge < -0.3 is 15.5 Å². The van der Waals surface area contributed by atoms with E-state index in [2.05, 4.69) is 15.7 Å². The summed E-state index contributed by atoms with van der Waals surface area (Å²) >= 11 is 0. The minimum absolute atomic E-state index is 0.00167. The number of hydrogen-bond acceptors (Lipinski definition) is 5. The molecule has 1 aromatic heterocycles. The maximum absolute atomic E-state index is 12.7. The number of urea groups is 1. The van der Waals surface area contributed by atoms with Crippen molar-refractivity contribution >= 4 is 23.3 Å². The SMILES string of the molecule is Cc1nn(Cc2ccc(C(=O)NC3CCN(C(=O)Nc4ccccc4)CC3)cc2)c(C)c1[N+](=O)[O-]. The number of aromatic nitrogens is 2. The van der Waals surface area contributed by atoms with Gasteiger partial charge in [-0.15, -0.1) is 0 Å². The molecule has 3 amide bonds. The Hall–Kier alpha value is -4.21. The van der Waals surface area contributed by atoms with Gasteiger partial charge in [0, 0.05) is 30.4 Å². The van der Waals surface area contributed by atoms with Crippen LogP contribution in [0.1, 0.15) is 40.2 Å². The molecule has 0 bridgehead atoms. The molecule has 1 fully saturated rings. The molecule has 182 valence electrons. The number of carbonyl (C=O) groups is 2. The van der Waals surface area contributed by atoms with Crippen molar-refractivity contribution in [3.8, 4) is 0 Å². The lowest BCUT2D eigenvalue weighted by Crippen LogP contribution is -2.47. The number of para-hydroxylation sites is 1. The maximum Gasteiger partial charge on any atom is 0.321 e. The van der Waals surface area contributed by atoms with Crippen LogP contribution in [0.25, 0.3) is 0 Å². The number of rotatable bonds is 6. The molecule has 35 heavy (non-hydrogen) atoms. The van der Waals surface area contributed by atoms with E-state index >= 15 is 0 Å². The van der Waals surface area contributed by atoms with Gasteiger partial charge in [0.25, 0.3) is 5.91 Å². The van der Waals surface area contributed by atoms with Crippen molar-refractivity contribution in [1.29, 1.82) is 0 Å². The van der Waals surface area contributed by atoms with Gasteiger partial charge in [-0.3, -0.25) is 19.6 Å². The molecule has 0 radical (unpaired) electrons. The van der Waals surface area contributed by atoms with Crippen LogP contribution in [0.4, 0.5) is 16.2 Å². The fourth-order valence-corrected chi connectivity index (χ4v) is 4.26. The second kappa shape index (κ2) is 10.4. The summed E-state index contributed by atoms with van der Waals surface area (Å²) in [6.45, 7) is 4.81. The first-order chi connectivity index (χ1) is 16.8. The van der Waals surface area contributed by atoms with Gasteiger partial charge in [0.05, 0.1) is 11.5 Å². The maximum atomic E-state index is 12.7. The monoisotopic (exact) mass is 476 g/mol. The fraction of sp³-hybridized carbons (Fsp3) is 0.320. The van der Waals surface area contributed by atoms with Crippen molar-refractivity contribution in [3.05, 3.63) is 87.2 Å². The van der Waals surface area contributed by atoms with E-state index in [0.29, 0.717) is 49.4 Å². The Morgan fingerprint density at radius 2 is 1.71 bits per heavy atom. The molecule has 4 rings (SSSR count). The zero-order valence-electron chi connectivity index (χ0n) is 19.7. The lowest BCUT2D eigenvalue weighted by atomic mass is 10.0. The zero-order valence-corrected chi connectivity index (χ0v) is 19.7. The van der Waals surface area contributed by atoms with Crippen molar-refractivity contribution in [3.63, 3.8) is 0 Å². The van der Waals surface area contributed by atoms with E-state index in [0.717, 1.165) is 11.3 Å². The average molecular weight is 477 g/mol. The number of nitrogens with zero attached hydrogens (tertiary/aromatic N) is 4. The molecule has 10 heteroatoms. The number of nitro groups is 1.